The predicted molar refractivity (Wildman–Crippen MR) is 76.6 cm³/mol. The molecule has 0 aliphatic carbocycles. The fourth-order valence-corrected chi connectivity index (χ4v) is 2.82. The van der Waals surface area contributed by atoms with Gasteiger partial charge in [0.25, 0.3) is 5.56 Å². The van der Waals surface area contributed by atoms with Crippen LogP contribution in [0.25, 0.3) is 0 Å². The zero-order valence-corrected chi connectivity index (χ0v) is 12.2. The highest BCUT2D eigenvalue weighted by molar-refractivity contribution is 14.1. The Labute approximate surface area is 118 Å². The first-order chi connectivity index (χ1) is 8.63. The number of amides is 1. The van der Waals surface area contributed by atoms with Crippen LogP contribution in [0.5, 0.6) is 0 Å². The van der Waals surface area contributed by atoms with Crippen LogP contribution in [0.4, 0.5) is 5.82 Å². The van der Waals surface area contributed by atoms with E-state index in [1.165, 1.54) is 6.33 Å². The molecule has 2 heterocycles. The van der Waals surface area contributed by atoms with Gasteiger partial charge in [-0.15, -0.1) is 0 Å². The zero-order chi connectivity index (χ0) is 13.1. The van der Waals surface area contributed by atoms with Crippen molar-refractivity contribution in [1.82, 2.24) is 15.3 Å². The molecule has 1 atom stereocenters. The van der Waals surface area contributed by atoms with E-state index >= 15 is 0 Å². The number of nitrogens with zero attached hydrogens (tertiary/aromatic N) is 2. The molecule has 1 aliphatic heterocycles. The topological polar surface area (TPSA) is 78.1 Å². The van der Waals surface area contributed by atoms with Gasteiger partial charge < -0.3 is 15.2 Å². The van der Waals surface area contributed by atoms with E-state index in [-0.39, 0.29) is 17.4 Å². The highest BCUT2D eigenvalue weighted by Gasteiger charge is 2.27. The summed E-state index contributed by atoms with van der Waals surface area (Å²) in [6, 6.07) is 0. The lowest BCUT2D eigenvalue weighted by atomic mass is 9.97. The van der Waals surface area contributed by atoms with Crippen LogP contribution in [0.15, 0.2) is 11.1 Å². The van der Waals surface area contributed by atoms with Crippen molar-refractivity contribution < 1.29 is 4.79 Å². The summed E-state index contributed by atoms with van der Waals surface area (Å²) in [7, 11) is 1.65. The fraction of sp³-hybridized carbons (Fsp3) is 0.545. The summed E-state index contributed by atoms with van der Waals surface area (Å²) >= 11 is 1.99. The highest BCUT2D eigenvalue weighted by atomic mass is 127. The Balaban J connectivity index is 2.21. The number of aromatic amines is 1. The minimum Gasteiger partial charge on any atom is -0.359 e. The molecule has 7 heteroatoms. The van der Waals surface area contributed by atoms with Gasteiger partial charge in [0, 0.05) is 20.1 Å². The second kappa shape index (κ2) is 5.68. The van der Waals surface area contributed by atoms with Crippen molar-refractivity contribution >= 4 is 34.3 Å². The molecule has 98 valence electrons. The molecule has 1 amide bonds. The molecule has 1 unspecified atom stereocenters. The van der Waals surface area contributed by atoms with Crippen LogP contribution >= 0.6 is 22.6 Å². The number of piperidine rings is 1. The van der Waals surface area contributed by atoms with Crippen molar-refractivity contribution in [2.24, 2.45) is 5.92 Å². The summed E-state index contributed by atoms with van der Waals surface area (Å²) in [4.78, 5) is 32.0. The Morgan fingerprint density at radius 2 is 2.44 bits per heavy atom. The van der Waals surface area contributed by atoms with E-state index in [0.717, 1.165) is 19.4 Å². The Morgan fingerprint density at radius 1 is 1.67 bits per heavy atom. The molecule has 2 rings (SSSR count). The molecule has 1 aromatic heterocycles. The van der Waals surface area contributed by atoms with Gasteiger partial charge in [-0.1, -0.05) is 0 Å². The molecule has 1 aromatic rings. The van der Waals surface area contributed by atoms with Crippen LogP contribution in [0, 0.1) is 9.49 Å². The van der Waals surface area contributed by atoms with Gasteiger partial charge in [0.1, 0.15) is 9.39 Å². The van der Waals surface area contributed by atoms with E-state index in [1.807, 2.05) is 27.5 Å². The van der Waals surface area contributed by atoms with Gasteiger partial charge in [0.05, 0.1) is 12.2 Å². The Bertz CT molecular complexity index is 502. The van der Waals surface area contributed by atoms with E-state index < -0.39 is 0 Å². The van der Waals surface area contributed by atoms with Gasteiger partial charge in [0.15, 0.2) is 0 Å². The minimum absolute atomic E-state index is 0.0272. The molecule has 1 aliphatic rings. The quantitative estimate of drug-likeness (QED) is 0.744. The molecule has 1 saturated heterocycles. The first-order valence-electron chi connectivity index (χ1n) is 5.83. The van der Waals surface area contributed by atoms with Gasteiger partial charge in [-0.3, -0.25) is 9.59 Å². The van der Waals surface area contributed by atoms with Crippen molar-refractivity contribution in [2.45, 2.75) is 12.8 Å². The normalized spacial score (nSPS) is 19.7. The third-order valence-corrected chi connectivity index (χ3v) is 4.09. The monoisotopic (exact) mass is 362 g/mol. The van der Waals surface area contributed by atoms with Crippen molar-refractivity contribution in [2.75, 3.05) is 25.0 Å². The number of carbonyl (C=O) groups is 1. The predicted octanol–water partition coefficient (Wildman–Crippen LogP) is 0.337. The first-order valence-corrected chi connectivity index (χ1v) is 6.91. The molecule has 6 nitrogen and oxygen atoms in total. The molecule has 0 spiro atoms. The maximum absolute atomic E-state index is 11.7. The number of rotatable bonds is 2. The smallest absolute Gasteiger partial charge is 0.266 e. The van der Waals surface area contributed by atoms with Crippen molar-refractivity contribution in [1.29, 1.82) is 0 Å². The third kappa shape index (κ3) is 2.65. The van der Waals surface area contributed by atoms with E-state index in [1.54, 1.807) is 7.05 Å². The van der Waals surface area contributed by atoms with Crippen LogP contribution in [-0.4, -0.2) is 36.0 Å². The summed E-state index contributed by atoms with van der Waals surface area (Å²) in [6.45, 7) is 1.45. The zero-order valence-electron chi connectivity index (χ0n) is 10.1. The lowest BCUT2D eigenvalue weighted by molar-refractivity contribution is -0.124. The van der Waals surface area contributed by atoms with E-state index in [4.69, 9.17) is 0 Å². The summed E-state index contributed by atoms with van der Waals surface area (Å²) < 4.78 is 0.577. The average molecular weight is 362 g/mol. The molecule has 0 saturated carbocycles. The van der Waals surface area contributed by atoms with Crippen molar-refractivity contribution in [3.8, 4) is 0 Å². The summed E-state index contributed by atoms with van der Waals surface area (Å²) in [5.74, 6) is 0.702. The molecule has 2 N–H and O–H groups in total. The molecular weight excluding hydrogens is 347 g/mol. The van der Waals surface area contributed by atoms with Gasteiger partial charge in [0.2, 0.25) is 5.91 Å². The Morgan fingerprint density at radius 3 is 3.17 bits per heavy atom. The molecule has 0 radical (unpaired) electrons. The van der Waals surface area contributed by atoms with Gasteiger partial charge in [-0.25, -0.2) is 4.98 Å². The molecule has 18 heavy (non-hydrogen) atoms. The lowest BCUT2D eigenvalue weighted by Gasteiger charge is -2.32. The molecule has 0 bridgehead atoms. The standard InChI is InChI=1S/C11H15IN4O2/c1-13-10(17)7-3-2-4-16(5-7)9-8(12)11(18)15-6-14-9/h6-7H,2-5H2,1H3,(H,13,17)(H,14,15,18). The maximum Gasteiger partial charge on any atom is 0.266 e. The van der Waals surface area contributed by atoms with Crippen molar-refractivity contribution in [3.63, 3.8) is 0 Å². The minimum atomic E-state index is -0.136. The number of aromatic nitrogens is 2. The van der Waals surface area contributed by atoms with Crippen LogP contribution in [0.1, 0.15) is 12.8 Å². The van der Waals surface area contributed by atoms with Crippen LogP contribution in [0.3, 0.4) is 0 Å². The van der Waals surface area contributed by atoms with E-state index in [2.05, 4.69) is 15.3 Å². The fourth-order valence-electron chi connectivity index (χ4n) is 2.18. The second-order valence-corrected chi connectivity index (χ2v) is 5.35. The van der Waals surface area contributed by atoms with Gasteiger partial charge in [-0.05, 0) is 35.4 Å². The van der Waals surface area contributed by atoms with Gasteiger partial charge >= 0.3 is 0 Å². The Hall–Kier alpha value is -1.12. The average Bonchev–Trinajstić information content (AvgIpc) is 2.41. The maximum atomic E-state index is 11.7. The van der Waals surface area contributed by atoms with Crippen molar-refractivity contribution in [3.05, 3.63) is 20.3 Å². The highest BCUT2D eigenvalue weighted by Crippen LogP contribution is 2.23. The summed E-state index contributed by atoms with van der Waals surface area (Å²) in [6.07, 6.45) is 3.22. The van der Waals surface area contributed by atoms with E-state index in [9.17, 15) is 9.59 Å². The first kappa shape index (κ1) is 13.3. The van der Waals surface area contributed by atoms with Crippen LogP contribution < -0.4 is 15.8 Å². The molecule has 1 fully saturated rings. The van der Waals surface area contributed by atoms with Crippen LogP contribution in [0.2, 0.25) is 0 Å². The summed E-state index contributed by atoms with van der Waals surface area (Å²) in [5, 5.41) is 2.68. The summed E-state index contributed by atoms with van der Waals surface area (Å²) in [5.41, 5.74) is -0.136. The Kier molecular flexibility index (Phi) is 4.20. The number of carbonyl (C=O) groups excluding carboxylic acids is 1. The number of nitrogens with one attached hydrogen (secondary N) is 2. The SMILES string of the molecule is CNC(=O)C1CCCN(c2nc[nH]c(=O)c2I)C1. The number of hydrogen-bond donors (Lipinski definition) is 2. The van der Waals surface area contributed by atoms with Gasteiger partial charge in [-0.2, -0.15) is 0 Å². The third-order valence-electron chi connectivity index (χ3n) is 3.12. The molecular formula is C11H15IN4O2. The van der Waals surface area contributed by atoms with Crippen LogP contribution in [-0.2, 0) is 4.79 Å². The van der Waals surface area contributed by atoms with E-state index in [0.29, 0.717) is 15.9 Å². The number of hydrogen-bond acceptors (Lipinski definition) is 4. The largest absolute Gasteiger partial charge is 0.359 e. The number of halogens is 1. The number of H-pyrrole nitrogens is 1. The number of anilines is 1. The second-order valence-electron chi connectivity index (χ2n) is 4.27. The lowest BCUT2D eigenvalue weighted by Crippen LogP contribution is -2.43. The molecule has 0 aromatic carbocycles.